The summed E-state index contributed by atoms with van der Waals surface area (Å²) in [6.45, 7) is 1.81. The Morgan fingerprint density at radius 3 is 2.91 bits per heavy atom. The lowest BCUT2D eigenvalue weighted by Gasteiger charge is -2.29. The van der Waals surface area contributed by atoms with E-state index in [1.165, 1.54) is 4.90 Å². The van der Waals surface area contributed by atoms with Crippen molar-refractivity contribution in [2.24, 2.45) is 0 Å². The van der Waals surface area contributed by atoms with Crippen LogP contribution in [0.5, 0.6) is 0 Å². The van der Waals surface area contributed by atoms with Gasteiger partial charge in [-0.2, -0.15) is 0 Å². The monoisotopic (exact) mass is 158 g/mol. The van der Waals surface area contributed by atoms with Crippen molar-refractivity contribution in [3.8, 4) is 0 Å². The number of carboxylic acid groups (broad SMARTS) is 1. The minimum atomic E-state index is -0.835. The van der Waals surface area contributed by atoms with Crippen LogP contribution in [0.2, 0.25) is 0 Å². The predicted octanol–water partition coefficient (Wildman–Crippen LogP) is 0.348. The van der Waals surface area contributed by atoms with Gasteiger partial charge in [0.25, 0.3) is 0 Å². The lowest BCUT2D eigenvalue weighted by Crippen LogP contribution is -2.46. The topological polar surface area (TPSA) is 52.6 Å². The molecule has 11 heavy (non-hydrogen) atoms. The summed E-state index contributed by atoms with van der Waals surface area (Å²) in [5, 5.41) is 11.8. The summed E-state index contributed by atoms with van der Waals surface area (Å²) in [5.41, 5.74) is 0. The first-order valence-electron chi connectivity index (χ1n) is 3.88. The molecule has 1 saturated heterocycles. The van der Waals surface area contributed by atoms with Crippen LogP contribution in [0.1, 0.15) is 12.8 Å². The minimum Gasteiger partial charge on any atom is -0.465 e. The Morgan fingerprint density at radius 2 is 2.45 bits per heavy atom. The summed E-state index contributed by atoms with van der Waals surface area (Å²) in [7, 11) is 1.62. The molecule has 1 fully saturated rings. The third kappa shape index (κ3) is 2.08. The van der Waals surface area contributed by atoms with Crippen molar-refractivity contribution < 1.29 is 9.90 Å². The highest BCUT2D eigenvalue weighted by Crippen LogP contribution is 2.07. The SMILES string of the molecule is CN(C(=O)O)[C@H]1CCCNC1. The van der Waals surface area contributed by atoms with Gasteiger partial charge in [-0.15, -0.1) is 0 Å². The largest absolute Gasteiger partial charge is 0.465 e. The van der Waals surface area contributed by atoms with E-state index < -0.39 is 6.09 Å². The first-order chi connectivity index (χ1) is 5.22. The second kappa shape index (κ2) is 3.57. The Morgan fingerprint density at radius 1 is 1.73 bits per heavy atom. The van der Waals surface area contributed by atoms with E-state index in [1.54, 1.807) is 7.05 Å². The standard InChI is InChI=1S/C7H14N2O2/c1-9(7(10)11)6-3-2-4-8-5-6/h6,8H,2-5H2,1H3,(H,10,11)/t6-/m0/s1. The van der Waals surface area contributed by atoms with Crippen LogP contribution in [-0.2, 0) is 0 Å². The fourth-order valence-corrected chi connectivity index (χ4v) is 1.32. The van der Waals surface area contributed by atoms with Gasteiger partial charge in [-0.25, -0.2) is 4.79 Å². The van der Waals surface area contributed by atoms with Gasteiger partial charge in [0.15, 0.2) is 0 Å². The van der Waals surface area contributed by atoms with E-state index in [9.17, 15) is 4.79 Å². The van der Waals surface area contributed by atoms with E-state index in [-0.39, 0.29) is 6.04 Å². The highest BCUT2D eigenvalue weighted by Gasteiger charge is 2.20. The van der Waals surface area contributed by atoms with Crippen LogP contribution >= 0.6 is 0 Å². The Labute approximate surface area is 66.2 Å². The molecule has 0 saturated carbocycles. The molecule has 0 aromatic heterocycles. The number of rotatable bonds is 1. The zero-order valence-corrected chi connectivity index (χ0v) is 6.71. The molecule has 1 aliphatic heterocycles. The van der Waals surface area contributed by atoms with Gasteiger partial charge in [0.05, 0.1) is 0 Å². The van der Waals surface area contributed by atoms with Crippen LogP contribution < -0.4 is 5.32 Å². The van der Waals surface area contributed by atoms with Crippen LogP contribution in [0.15, 0.2) is 0 Å². The molecule has 0 spiro atoms. The van der Waals surface area contributed by atoms with E-state index in [0.717, 1.165) is 25.9 Å². The first kappa shape index (κ1) is 8.33. The van der Waals surface area contributed by atoms with Crippen molar-refractivity contribution in [2.75, 3.05) is 20.1 Å². The molecular formula is C7H14N2O2. The van der Waals surface area contributed by atoms with Crippen molar-refractivity contribution in [3.63, 3.8) is 0 Å². The van der Waals surface area contributed by atoms with E-state index in [0.29, 0.717) is 0 Å². The molecule has 0 unspecified atom stereocenters. The van der Waals surface area contributed by atoms with Gasteiger partial charge in [0, 0.05) is 19.6 Å². The molecule has 1 aliphatic rings. The lowest BCUT2D eigenvalue weighted by molar-refractivity contribution is 0.130. The molecule has 1 atom stereocenters. The smallest absolute Gasteiger partial charge is 0.407 e. The van der Waals surface area contributed by atoms with E-state index >= 15 is 0 Å². The van der Waals surface area contributed by atoms with E-state index in [2.05, 4.69) is 5.32 Å². The van der Waals surface area contributed by atoms with Crippen LogP contribution in [0.4, 0.5) is 4.79 Å². The average molecular weight is 158 g/mol. The van der Waals surface area contributed by atoms with Crippen molar-refractivity contribution in [1.29, 1.82) is 0 Å². The van der Waals surface area contributed by atoms with Crippen molar-refractivity contribution in [2.45, 2.75) is 18.9 Å². The first-order valence-corrected chi connectivity index (χ1v) is 3.88. The van der Waals surface area contributed by atoms with Gasteiger partial charge in [-0.05, 0) is 19.4 Å². The molecule has 0 aromatic carbocycles. The molecule has 1 rings (SSSR count). The second-order valence-corrected chi connectivity index (χ2v) is 2.89. The molecule has 1 heterocycles. The third-order valence-corrected chi connectivity index (χ3v) is 2.12. The molecule has 0 aliphatic carbocycles. The number of hydrogen-bond donors (Lipinski definition) is 2. The highest BCUT2D eigenvalue weighted by atomic mass is 16.4. The second-order valence-electron chi connectivity index (χ2n) is 2.89. The summed E-state index contributed by atoms with van der Waals surface area (Å²) in [6.07, 6.45) is 1.22. The van der Waals surface area contributed by atoms with Gasteiger partial charge >= 0.3 is 6.09 Å². The molecule has 4 nitrogen and oxygen atoms in total. The van der Waals surface area contributed by atoms with Gasteiger partial charge < -0.3 is 15.3 Å². The Hall–Kier alpha value is -0.770. The average Bonchev–Trinajstić information content (AvgIpc) is 2.05. The van der Waals surface area contributed by atoms with Crippen LogP contribution in [0.25, 0.3) is 0 Å². The summed E-state index contributed by atoms with van der Waals surface area (Å²) < 4.78 is 0. The zero-order valence-electron chi connectivity index (χ0n) is 6.71. The normalized spacial score (nSPS) is 24.6. The molecule has 1 amide bonds. The van der Waals surface area contributed by atoms with Gasteiger partial charge in [0.2, 0.25) is 0 Å². The van der Waals surface area contributed by atoms with Gasteiger partial charge in [-0.1, -0.05) is 0 Å². The number of hydrogen-bond acceptors (Lipinski definition) is 2. The minimum absolute atomic E-state index is 0.168. The number of nitrogens with zero attached hydrogens (tertiary/aromatic N) is 1. The lowest BCUT2D eigenvalue weighted by atomic mass is 10.1. The fourth-order valence-electron chi connectivity index (χ4n) is 1.32. The number of carbonyl (C=O) groups is 1. The number of amides is 1. The van der Waals surface area contributed by atoms with Crippen molar-refractivity contribution in [3.05, 3.63) is 0 Å². The van der Waals surface area contributed by atoms with Gasteiger partial charge in [-0.3, -0.25) is 0 Å². The Bertz CT molecular complexity index is 143. The van der Waals surface area contributed by atoms with Crippen LogP contribution in [-0.4, -0.2) is 42.3 Å². The molecule has 4 heteroatoms. The number of piperidine rings is 1. The molecule has 0 aromatic rings. The quantitative estimate of drug-likeness (QED) is 0.579. The molecule has 0 radical (unpaired) electrons. The summed E-state index contributed by atoms with van der Waals surface area (Å²) in [6, 6.07) is 0.168. The number of nitrogens with one attached hydrogen (secondary N) is 1. The maximum Gasteiger partial charge on any atom is 0.407 e. The van der Waals surface area contributed by atoms with E-state index in [1.807, 2.05) is 0 Å². The van der Waals surface area contributed by atoms with Crippen LogP contribution in [0, 0.1) is 0 Å². The molecule has 0 bridgehead atoms. The van der Waals surface area contributed by atoms with E-state index in [4.69, 9.17) is 5.11 Å². The Kier molecular flexibility index (Phi) is 2.70. The zero-order chi connectivity index (χ0) is 8.27. The van der Waals surface area contributed by atoms with Crippen molar-refractivity contribution in [1.82, 2.24) is 10.2 Å². The summed E-state index contributed by atoms with van der Waals surface area (Å²) in [4.78, 5) is 11.9. The molecular weight excluding hydrogens is 144 g/mol. The highest BCUT2D eigenvalue weighted by molar-refractivity contribution is 5.65. The fraction of sp³-hybridized carbons (Fsp3) is 0.857. The summed E-state index contributed by atoms with van der Waals surface area (Å²) in [5.74, 6) is 0. The van der Waals surface area contributed by atoms with Gasteiger partial charge in [0.1, 0.15) is 0 Å². The predicted molar refractivity (Wildman–Crippen MR) is 41.7 cm³/mol. The maximum atomic E-state index is 10.5. The Balaban J connectivity index is 2.38. The molecule has 2 N–H and O–H groups in total. The maximum absolute atomic E-state index is 10.5. The molecule has 64 valence electrons. The van der Waals surface area contributed by atoms with Crippen molar-refractivity contribution >= 4 is 6.09 Å². The number of likely N-dealkylation sites (N-methyl/N-ethyl adjacent to an activating group) is 1. The third-order valence-electron chi connectivity index (χ3n) is 2.12. The van der Waals surface area contributed by atoms with Crippen LogP contribution in [0.3, 0.4) is 0 Å². The summed E-state index contributed by atoms with van der Waals surface area (Å²) >= 11 is 0.